The van der Waals surface area contributed by atoms with Gasteiger partial charge >= 0.3 is 17.9 Å². The molecule has 0 unspecified atom stereocenters. The average Bonchev–Trinajstić information content (AvgIpc) is 0.828. The van der Waals surface area contributed by atoms with Crippen molar-refractivity contribution >= 4 is 29.5 Å². The van der Waals surface area contributed by atoms with Crippen molar-refractivity contribution in [3.05, 3.63) is 10.4 Å². The minimum absolute atomic E-state index is 0.111. The van der Waals surface area contributed by atoms with Crippen molar-refractivity contribution in [1.29, 1.82) is 0 Å². The minimum atomic E-state index is -1.76. The Bertz CT molecular complexity index is 1990. The molecular weight excluding hydrogens is 1440 g/mol. The Morgan fingerprint density at radius 2 is 0.385 bits per heavy atom. The highest BCUT2D eigenvalue weighted by Crippen LogP contribution is 2.33. The van der Waals surface area contributed by atoms with E-state index in [1.807, 2.05) is 0 Å². The largest absolute Gasteiger partial charge is 0.481 e. The normalized spacial score (nSPS) is 11.7. The number of hydrogen-bond acceptors (Lipinski definition) is 29. The summed E-state index contributed by atoms with van der Waals surface area (Å²) in [5, 5.41) is 31.9. The van der Waals surface area contributed by atoms with E-state index in [-0.39, 0.29) is 43.7 Å². The van der Waals surface area contributed by atoms with E-state index in [1.54, 1.807) is 0 Å². The van der Waals surface area contributed by atoms with Crippen LogP contribution in [-0.4, -0.2) is 355 Å². The van der Waals surface area contributed by atoms with Crippen LogP contribution in [0, 0.1) is 5.41 Å². The maximum Gasteiger partial charge on any atom is 0.321 e. The highest BCUT2D eigenvalue weighted by molar-refractivity contribution is 6.37. The van der Waals surface area contributed by atoms with Gasteiger partial charge in [0.25, 0.3) is 0 Å². The molecule has 109 heavy (non-hydrogen) atoms. The zero-order chi connectivity index (χ0) is 78.9. The Kier molecular flexibility index (Phi) is 86.5. The van der Waals surface area contributed by atoms with E-state index in [9.17, 15) is 34.2 Å². The van der Waals surface area contributed by atoms with Crippen molar-refractivity contribution in [1.82, 2.24) is 0 Å². The van der Waals surface area contributed by atoms with Crippen molar-refractivity contribution in [2.24, 2.45) is 10.5 Å². The number of carbonyl (C=O) groups excluding carboxylic acids is 2. The van der Waals surface area contributed by atoms with Gasteiger partial charge < -0.3 is 124 Å². The number of unbranched alkanes of at least 4 members (excludes halogenated alkanes) is 14. The first-order valence-corrected chi connectivity index (χ1v) is 39.7. The van der Waals surface area contributed by atoms with Gasteiger partial charge in [-0.1, -0.05) is 95.0 Å². The van der Waals surface area contributed by atoms with Crippen LogP contribution in [0.25, 0.3) is 10.4 Å². The van der Waals surface area contributed by atoms with Crippen LogP contribution in [0.2, 0.25) is 0 Å². The van der Waals surface area contributed by atoms with E-state index in [4.69, 9.17) is 120 Å². The lowest BCUT2D eigenvalue weighted by Crippen LogP contribution is -2.39. The number of carbonyl (C=O) groups is 5. The van der Waals surface area contributed by atoms with Gasteiger partial charge in [-0.2, -0.15) is 0 Å². The van der Waals surface area contributed by atoms with Gasteiger partial charge in [-0.3, -0.25) is 24.0 Å². The molecule has 0 aromatic carbocycles. The van der Waals surface area contributed by atoms with Crippen LogP contribution in [0.15, 0.2) is 5.11 Å². The summed E-state index contributed by atoms with van der Waals surface area (Å²) in [6.45, 7) is 21.3. The van der Waals surface area contributed by atoms with Crippen molar-refractivity contribution in [3.8, 4) is 0 Å². The highest BCUT2D eigenvalue weighted by atomic mass is 16.6. The van der Waals surface area contributed by atoms with E-state index in [0.717, 1.165) is 77.0 Å². The summed E-state index contributed by atoms with van der Waals surface area (Å²) in [5.41, 5.74) is 6.43. The molecule has 0 amide bonds. The summed E-state index contributed by atoms with van der Waals surface area (Å²) >= 11 is 0. The second kappa shape index (κ2) is 89.7. The maximum absolute atomic E-state index is 12.3. The van der Waals surface area contributed by atoms with Crippen LogP contribution < -0.4 is 0 Å². The molecule has 0 aromatic rings. The van der Waals surface area contributed by atoms with E-state index in [2.05, 4.69) is 10.0 Å². The monoisotopic (exact) mass is 1580 g/mol. The van der Waals surface area contributed by atoms with Crippen molar-refractivity contribution in [2.45, 2.75) is 141 Å². The van der Waals surface area contributed by atoms with Crippen molar-refractivity contribution in [2.75, 3.05) is 310 Å². The van der Waals surface area contributed by atoms with Gasteiger partial charge in [0.05, 0.1) is 297 Å². The Labute approximate surface area is 648 Å². The number of carboxylic acids is 3. The number of rotatable bonds is 98. The summed E-state index contributed by atoms with van der Waals surface area (Å²) < 4.78 is 127. The van der Waals surface area contributed by atoms with Gasteiger partial charge in [-0.25, -0.2) is 0 Å². The summed E-state index contributed by atoms with van der Waals surface area (Å²) in [7, 11) is 0. The third-order valence-corrected chi connectivity index (χ3v) is 15.9. The first-order chi connectivity index (χ1) is 53.7. The van der Waals surface area contributed by atoms with Crippen LogP contribution in [0.4, 0.5) is 0 Å². The van der Waals surface area contributed by atoms with Crippen LogP contribution >= 0.6 is 0 Å². The molecule has 0 saturated carbocycles. The molecule has 0 aliphatic heterocycles. The number of carboxylic acid groups (broad SMARTS) is 3. The zero-order valence-electron chi connectivity index (χ0n) is 65.9. The van der Waals surface area contributed by atoms with Gasteiger partial charge in [-0.15, -0.1) is 0 Å². The van der Waals surface area contributed by atoms with E-state index < -0.39 is 23.3 Å². The Hall–Kier alpha value is -3.86. The fourth-order valence-electron chi connectivity index (χ4n) is 9.88. The van der Waals surface area contributed by atoms with Gasteiger partial charge in [0.2, 0.25) is 0 Å². The molecule has 0 rings (SSSR count). The maximum atomic E-state index is 12.3. The van der Waals surface area contributed by atoms with Gasteiger partial charge in [0, 0.05) is 37.3 Å². The predicted molar refractivity (Wildman–Crippen MR) is 400 cm³/mol. The lowest BCUT2D eigenvalue weighted by atomic mass is 9.78. The van der Waals surface area contributed by atoms with Crippen molar-refractivity contribution < 1.29 is 148 Å². The first kappa shape index (κ1) is 105. The van der Waals surface area contributed by atoms with E-state index in [1.165, 1.54) is 0 Å². The SMILES string of the molecule is [N-]=[N+]=NCCOCCOCCOCCOCCOCCOCCOCCOCCOCCOCCOCCOCCOCCOCCOCCOCCOCCOCCOCCOCCOCCOCCOCCCC(=O)C(=O)CCCCCCCCCCC(CCCCCCCCCCC(=O)O)(C(=O)O)C(=O)O. The standard InChI is InChI=1S/C75H141N3O31/c76-78-77-23-25-88-27-29-90-31-33-92-35-37-94-39-41-96-43-45-98-47-49-100-51-53-102-55-57-104-59-61-106-63-65-108-67-69-109-68-66-107-64-62-105-60-58-103-56-54-101-52-50-99-48-46-97-44-42-95-40-38-93-36-34-91-32-30-89-28-26-87-24-17-19-71(80)70(79)18-13-9-5-1-3-7-11-15-21-75(73(83)84,74(85)86)22-16-12-8-4-2-6-10-14-20-72(81)82/h1-69H2,(H,81,82)(H,83,84)(H,85,86). The first-order valence-electron chi connectivity index (χ1n) is 39.7. The number of ether oxygens (including phenoxy) is 23. The van der Waals surface area contributed by atoms with E-state index >= 15 is 0 Å². The van der Waals surface area contributed by atoms with E-state index in [0.29, 0.717) is 343 Å². The van der Waals surface area contributed by atoms with Gasteiger partial charge in [0.15, 0.2) is 17.0 Å². The Balaban J connectivity index is 3.29. The third kappa shape index (κ3) is 82.0. The molecule has 0 heterocycles. The Morgan fingerprint density at radius 3 is 0.578 bits per heavy atom. The molecule has 0 aliphatic rings. The van der Waals surface area contributed by atoms with Crippen LogP contribution in [0.1, 0.15) is 141 Å². The summed E-state index contributed by atoms with van der Waals surface area (Å²) in [6, 6.07) is 0. The topological polar surface area (TPSA) is 407 Å². The lowest BCUT2D eigenvalue weighted by molar-refractivity contribution is -0.166. The predicted octanol–water partition coefficient (Wildman–Crippen LogP) is 7.64. The molecule has 0 fully saturated rings. The smallest absolute Gasteiger partial charge is 0.321 e. The van der Waals surface area contributed by atoms with Crippen LogP contribution in [0.3, 0.4) is 0 Å². The number of azide groups is 1. The molecule has 0 radical (unpaired) electrons. The molecule has 0 atom stereocenters. The molecule has 0 spiro atoms. The Morgan fingerprint density at radius 1 is 0.220 bits per heavy atom. The molecule has 34 nitrogen and oxygen atoms in total. The average molecular weight is 1580 g/mol. The summed E-state index contributed by atoms with van der Waals surface area (Å²) in [5.74, 6) is -4.03. The number of Topliss-reactive ketones (excluding diaryl/α,β-unsaturated/α-hetero) is 2. The van der Waals surface area contributed by atoms with Crippen molar-refractivity contribution in [3.63, 3.8) is 0 Å². The second-order valence-corrected chi connectivity index (χ2v) is 24.7. The molecule has 34 heteroatoms. The molecular formula is C75H141N3O31. The zero-order valence-corrected chi connectivity index (χ0v) is 65.9. The molecule has 3 N–H and O–H groups in total. The number of ketones is 2. The quantitative estimate of drug-likeness (QED) is 0.0131. The van der Waals surface area contributed by atoms with Gasteiger partial charge in [0.1, 0.15) is 0 Å². The molecule has 0 aromatic heterocycles. The van der Waals surface area contributed by atoms with Gasteiger partial charge in [-0.05, 0) is 37.6 Å². The summed E-state index contributed by atoms with van der Waals surface area (Å²) in [6.07, 6.45) is 14.5. The molecule has 0 saturated heterocycles. The molecule has 0 aliphatic carbocycles. The van der Waals surface area contributed by atoms with Crippen LogP contribution in [0.5, 0.6) is 0 Å². The summed E-state index contributed by atoms with van der Waals surface area (Å²) in [4.78, 5) is 62.1. The molecule has 0 bridgehead atoms. The fourth-order valence-corrected chi connectivity index (χ4v) is 9.88. The number of nitrogens with zero attached hydrogens (tertiary/aromatic N) is 3. The van der Waals surface area contributed by atoms with Crippen LogP contribution in [-0.2, 0) is 133 Å². The third-order valence-electron chi connectivity index (χ3n) is 15.9. The second-order valence-electron chi connectivity index (χ2n) is 24.7. The fraction of sp³-hybridized carbons (Fsp3) is 0.933. The minimum Gasteiger partial charge on any atom is -0.481 e. The molecule has 642 valence electrons. The highest BCUT2D eigenvalue weighted by Gasteiger charge is 2.45. The number of aliphatic carboxylic acids is 3. The number of hydrogen-bond donors (Lipinski definition) is 3. The lowest BCUT2D eigenvalue weighted by Gasteiger charge is -2.25.